The predicted molar refractivity (Wildman–Crippen MR) is 91.8 cm³/mol. The van der Waals surface area contributed by atoms with E-state index in [-0.39, 0.29) is 31.0 Å². The van der Waals surface area contributed by atoms with Gasteiger partial charge in [-0.05, 0) is 29.9 Å². The number of aryl methyl sites for hydroxylation is 1. The van der Waals surface area contributed by atoms with Crippen LogP contribution >= 0.6 is 0 Å². The SMILES string of the molecule is CCCCCC(C)(C)c1cc(CC(=O)OCCO)cc(C)c1O. The van der Waals surface area contributed by atoms with E-state index in [1.165, 1.54) is 6.42 Å². The molecule has 0 saturated heterocycles. The average molecular weight is 322 g/mol. The monoisotopic (exact) mass is 322 g/mol. The van der Waals surface area contributed by atoms with Crippen LogP contribution in [0.3, 0.4) is 0 Å². The largest absolute Gasteiger partial charge is 0.507 e. The highest BCUT2D eigenvalue weighted by molar-refractivity contribution is 5.73. The summed E-state index contributed by atoms with van der Waals surface area (Å²) in [6.07, 6.45) is 4.60. The molecule has 0 aromatic heterocycles. The van der Waals surface area contributed by atoms with Gasteiger partial charge >= 0.3 is 5.97 Å². The number of phenols is 1. The average Bonchev–Trinajstić information content (AvgIpc) is 2.48. The van der Waals surface area contributed by atoms with E-state index in [4.69, 9.17) is 9.84 Å². The topological polar surface area (TPSA) is 66.8 Å². The molecule has 0 bridgehead atoms. The second-order valence-electron chi connectivity index (χ2n) is 6.77. The van der Waals surface area contributed by atoms with Crippen LogP contribution in [0.15, 0.2) is 12.1 Å². The summed E-state index contributed by atoms with van der Waals surface area (Å²) in [5.41, 5.74) is 2.35. The van der Waals surface area contributed by atoms with E-state index < -0.39 is 0 Å². The van der Waals surface area contributed by atoms with Crippen molar-refractivity contribution in [3.63, 3.8) is 0 Å². The molecule has 0 radical (unpaired) electrons. The van der Waals surface area contributed by atoms with Crippen LogP contribution in [-0.4, -0.2) is 29.4 Å². The lowest BCUT2D eigenvalue weighted by Gasteiger charge is -2.27. The maximum atomic E-state index is 11.7. The molecule has 0 amide bonds. The van der Waals surface area contributed by atoms with E-state index in [0.29, 0.717) is 5.75 Å². The Hall–Kier alpha value is -1.55. The van der Waals surface area contributed by atoms with Gasteiger partial charge in [0.2, 0.25) is 0 Å². The van der Waals surface area contributed by atoms with Crippen LogP contribution in [0, 0.1) is 6.92 Å². The van der Waals surface area contributed by atoms with Crippen molar-refractivity contribution in [2.75, 3.05) is 13.2 Å². The van der Waals surface area contributed by atoms with E-state index in [0.717, 1.165) is 36.0 Å². The number of hydrogen-bond donors (Lipinski definition) is 2. The second kappa shape index (κ2) is 8.92. The van der Waals surface area contributed by atoms with E-state index in [2.05, 4.69) is 20.8 Å². The molecule has 2 N–H and O–H groups in total. The number of aliphatic hydroxyl groups excluding tert-OH is 1. The lowest BCUT2D eigenvalue weighted by Crippen LogP contribution is -2.19. The number of carbonyl (C=O) groups is 1. The van der Waals surface area contributed by atoms with Crippen molar-refractivity contribution in [1.82, 2.24) is 0 Å². The molecule has 4 heteroatoms. The molecule has 1 aromatic rings. The van der Waals surface area contributed by atoms with Crippen LogP contribution in [-0.2, 0) is 21.4 Å². The van der Waals surface area contributed by atoms with Gasteiger partial charge in [-0.3, -0.25) is 4.79 Å². The molecule has 1 aromatic carbocycles. The van der Waals surface area contributed by atoms with Crippen molar-refractivity contribution >= 4 is 5.97 Å². The Balaban J connectivity index is 2.96. The normalized spacial score (nSPS) is 11.5. The van der Waals surface area contributed by atoms with Crippen molar-refractivity contribution in [2.45, 2.75) is 65.2 Å². The fourth-order valence-corrected chi connectivity index (χ4v) is 2.80. The molecule has 0 heterocycles. The van der Waals surface area contributed by atoms with Gasteiger partial charge in [0.25, 0.3) is 0 Å². The van der Waals surface area contributed by atoms with Gasteiger partial charge in [-0.2, -0.15) is 0 Å². The molecule has 23 heavy (non-hydrogen) atoms. The maximum Gasteiger partial charge on any atom is 0.310 e. The zero-order valence-corrected chi connectivity index (χ0v) is 14.8. The minimum atomic E-state index is -0.362. The smallest absolute Gasteiger partial charge is 0.310 e. The molecule has 0 saturated carbocycles. The van der Waals surface area contributed by atoms with Crippen molar-refractivity contribution in [2.24, 2.45) is 0 Å². The van der Waals surface area contributed by atoms with E-state index in [1.807, 2.05) is 19.1 Å². The zero-order chi connectivity index (χ0) is 17.5. The van der Waals surface area contributed by atoms with Crippen LogP contribution in [0.2, 0.25) is 0 Å². The van der Waals surface area contributed by atoms with Crippen LogP contribution in [0.4, 0.5) is 0 Å². The number of phenolic OH excluding ortho intramolecular Hbond substituents is 1. The number of aliphatic hydroxyl groups is 1. The summed E-state index contributed by atoms with van der Waals surface area (Å²) in [5, 5.41) is 19.1. The Kier molecular flexibility index (Phi) is 7.56. The molecular weight excluding hydrogens is 292 g/mol. The Labute approximate surface area is 139 Å². The summed E-state index contributed by atoms with van der Waals surface area (Å²) in [4.78, 5) is 11.7. The van der Waals surface area contributed by atoms with Crippen molar-refractivity contribution in [3.8, 4) is 5.75 Å². The molecule has 0 fully saturated rings. The molecule has 0 aliphatic rings. The fraction of sp³-hybridized carbons (Fsp3) is 0.632. The highest BCUT2D eigenvalue weighted by Crippen LogP contribution is 2.38. The number of benzene rings is 1. The summed E-state index contributed by atoms with van der Waals surface area (Å²) in [6, 6.07) is 3.73. The first-order valence-corrected chi connectivity index (χ1v) is 8.41. The first kappa shape index (κ1) is 19.5. The minimum absolute atomic E-state index is 0.0191. The van der Waals surface area contributed by atoms with E-state index in [9.17, 15) is 9.90 Å². The van der Waals surface area contributed by atoms with Gasteiger partial charge in [-0.1, -0.05) is 52.2 Å². The predicted octanol–water partition coefficient (Wildman–Crippen LogP) is 3.64. The number of rotatable bonds is 9. The van der Waals surface area contributed by atoms with Crippen molar-refractivity contribution in [1.29, 1.82) is 0 Å². The Morgan fingerprint density at radius 1 is 1.26 bits per heavy atom. The first-order valence-electron chi connectivity index (χ1n) is 8.41. The van der Waals surface area contributed by atoms with Crippen LogP contribution in [0.1, 0.15) is 63.1 Å². The van der Waals surface area contributed by atoms with Crippen LogP contribution in [0.25, 0.3) is 0 Å². The second-order valence-corrected chi connectivity index (χ2v) is 6.77. The third-order valence-electron chi connectivity index (χ3n) is 4.20. The molecular formula is C19H30O4. The number of ether oxygens (including phenoxy) is 1. The summed E-state index contributed by atoms with van der Waals surface area (Å²) < 4.78 is 4.92. The third-order valence-corrected chi connectivity index (χ3v) is 4.20. The van der Waals surface area contributed by atoms with Gasteiger partial charge in [-0.25, -0.2) is 0 Å². The number of hydrogen-bond acceptors (Lipinski definition) is 4. The first-order chi connectivity index (χ1) is 10.8. The number of carbonyl (C=O) groups excluding carboxylic acids is 1. The van der Waals surface area contributed by atoms with Crippen LogP contribution in [0.5, 0.6) is 5.75 Å². The van der Waals surface area contributed by atoms with Gasteiger partial charge in [-0.15, -0.1) is 0 Å². The van der Waals surface area contributed by atoms with Gasteiger partial charge in [0, 0.05) is 5.56 Å². The molecule has 130 valence electrons. The molecule has 0 atom stereocenters. The number of unbranched alkanes of at least 4 members (excludes halogenated alkanes) is 2. The van der Waals surface area contributed by atoms with E-state index in [1.54, 1.807) is 0 Å². The standard InChI is InChI=1S/C19H30O4/c1-5-6-7-8-19(3,4)16-12-15(11-14(2)18(16)22)13-17(21)23-10-9-20/h11-12,20,22H,5-10,13H2,1-4H3. The molecule has 4 nitrogen and oxygen atoms in total. The number of aromatic hydroxyl groups is 1. The number of esters is 1. The lowest BCUT2D eigenvalue weighted by atomic mass is 9.78. The lowest BCUT2D eigenvalue weighted by molar-refractivity contribution is -0.143. The van der Waals surface area contributed by atoms with Gasteiger partial charge in [0.05, 0.1) is 13.0 Å². The summed E-state index contributed by atoms with van der Waals surface area (Å²) in [7, 11) is 0. The molecule has 0 spiro atoms. The van der Waals surface area contributed by atoms with Crippen molar-refractivity contribution < 1.29 is 19.7 Å². The van der Waals surface area contributed by atoms with Gasteiger partial charge in [0.1, 0.15) is 12.4 Å². The molecule has 1 rings (SSSR count). The third kappa shape index (κ3) is 5.87. The highest BCUT2D eigenvalue weighted by atomic mass is 16.5. The summed E-state index contributed by atoms with van der Waals surface area (Å²) >= 11 is 0. The zero-order valence-electron chi connectivity index (χ0n) is 14.8. The van der Waals surface area contributed by atoms with E-state index >= 15 is 0 Å². The molecule has 0 unspecified atom stereocenters. The Bertz CT molecular complexity index is 520. The molecule has 0 aliphatic heterocycles. The highest BCUT2D eigenvalue weighted by Gasteiger charge is 2.25. The summed E-state index contributed by atoms with van der Waals surface area (Å²) in [5.74, 6) is -0.0437. The van der Waals surface area contributed by atoms with Gasteiger partial charge < -0.3 is 14.9 Å². The van der Waals surface area contributed by atoms with Crippen LogP contribution < -0.4 is 0 Å². The Morgan fingerprint density at radius 3 is 2.57 bits per heavy atom. The Morgan fingerprint density at radius 2 is 1.96 bits per heavy atom. The quantitative estimate of drug-likeness (QED) is 0.538. The fourth-order valence-electron chi connectivity index (χ4n) is 2.80. The maximum absolute atomic E-state index is 11.7. The molecule has 0 aliphatic carbocycles. The van der Waals surface area contributed by atoms with Gasteiger partial charge in [0.15, 0.2) is 0 Å². The minimum Gasteiger partial charge on any atom is -0.507 e. The van der Waals surface area contributed by atoms with Crippen molar-refractivity contribution in [3.05, 3.63) is 28.8 Å². The summed E-state index contributed by atoms with van der Waals surface area (Å²) in [6.45, 7) is 8.13.